The normalized spacial score (nSPS) is 10.8. The molecule has 0 amide bonds. The van der Waals surface area contributed by atoms with Crippen molar-refractivity contribution < 1.29 is 5.11 Å². The summed E-state index contributed by atoms with van der Waals surface area (Å²) >= 11 is 6.20. The second-order valence-corrected chi connectivity index (χ2v) is 5.77. The second-order valence-electron chi connectivity index (χ2n) is 5.40. The third-order valence-electron chi connectivity index (χ3n) is 3.69. The molecular formula is C16H16ClN7O. The van der Waals surface area contributed by atoms with Crippen LogP contribution in [0.1, 0.15) is 17.1 Å². The lowest BCUT2D eigenvalue weighted by atomic mass is 10.2. The van der Waals surface area contributed by atoms with Gasteiger partial charge in [-0.2, -0.15) is 5.10 Å². The first-order chi connectivity index (χ1) is 12.0. The van der Waals surface area contributed by atoms with Gasteiger partial charge >= 0.3 is 0 Å². The Morgan fingerprint density at radius 2 is 2.12 bits per heavy atom. The van der Waals surface area contributed by atoms with Gasteiger partial charge in [0.25, 0.3) is 5.69 Å². The van der Waals surface area contributed by atoms with Gasteiger partial charge in [0.2, 0.25) is 0 Å². The van der Waals surface area contributed by atoms with E-state index in [9.17, 15) is 0 Å². The maximum atomic E-state index is 9.14. The number of nitrogens with two attached hydrogens (primary N) is 1. The van der Waals surface area contributed by atoms with Gasteiger partial charge < -0.3 is 16.2 Å². The molecule has 0 unspecified atom stereocenters. The van der Waals surface area contributed by atoms with Crippen molar-refractivity contribution in [2.75, 3.05) is 17.6 Å². The van der Waals surface area contributed by atoms with Crippen molar-refractivity contribution in [3.05, 3.63) is 51.7 Å². The standard InChI is InChI=1S/C16H16ClN7O/c1-9-12(17)16-22-15(13(19-2)14(18)24(16)23-9)20-7-6-10-4-3-5-11(8-25)21-10/h3-5,25H,6-8,18H2,1H3,(H,20,22). The molecular weight excluding hydrogens is 342 g/mol. The van der Waals surface area contributed by atoms with Gasteiger partial charge in [0, 0.05) is 18.7 Å². The molecule has 3 aromatic rings. The van der Waals surface area contributed by atoms with Gasteiger partial charge in [-0.05, 0) is 19.1 Å². The van der Waals surface area contributed by atoms with Crippen LogP contribution >= 0.6 is 11.6 Å². The number of hydrogen-bond donors (Lipinski definition) is 3. The highest BCUT2D eigenvalue weighted by atomic mass is 35.5. The lowest BCUT2D eigenvalue weighted by Crippen LogP contribution is -2.10. The number of halogens is 1. The van der Waals surface area contributed by atoms with Gasteiger partial charge in [0.1, 0.15) is 16.7 Å². The Morgan fingerprint density at radius 3 is 2.84 bits per heavy atom. The molecule has 3 aromatic heterocycles. The van der Waals surface area contributed by atoms with Crippen molar-refractivity contribution in [2.45, 2.75) is 20.0 Å². The fraction of sp³-hybridized carbons (Fsp3) is 0.250. The molecule has 9 heteroatoms. The number of nitrogen functional groups attached to an aromatic ring is 1. The minimum atomic E-state index is -0.100. The summed E-state index contributed by atoms with van der Waals surface area (Å²) in [5, 5.41) is 16.9. The average molecular weight is 358 g/mol. The van der Waals surface area contributed by atoms with E-state index in [1.807, 2.05) is 12.1 Å². The summed E-state index contributed by atoms with van der Waals surface area (Å²) in [6, 6.07) is 5.47. The van der Waals surface area contributed by atoms with E-state index in [0.717, 1.165) is 5.69 Å². The van der Waals surface area contributed by atoms with E-state index in [4.69, 9.17) is 29.0 Å². The minimum absolute atomic E-state index is 0.100. The quantitative estimate of drug-likeness (QED) is 0.605. The number of rotatable bonds is 5. The van der Waals surface area contributed by atoms with Crippen molar-refractivity contribution in [3.8, 4) is 0 Å². The summed E-state index contributed by atoms with van der Waals surface area (Å²) in [5.41, 5.74) is 8.69. The van der Waals surface area contributed by atoms with E-state index in [0.29, 0.717) is 40.8 Å². The van der Waals surface area contributed by atoms with Gasteiger partial charge in [-0.3, -0.25) is 4.98 Å². The summed E-state index contributed by atoms with van der Waals surface area (Å²) in [7, 11) is 0. The predicted molar refractivity (Wildman–Crippen MR) is 95.8 cm³/mol. The van der Waals surface area contributed by atoms with Crippen molar-refractivity contribution in [3.63, 3.8) is 0 Å². The van der Waals surface area contributed by atoms with Gasteiger partial charge in [0.15, 0.2) is 5.65 Å². The number of fused-ring (bicyclic) bond motifs is 1. The zero-order valence-electron chi connectivity index (χ0n) is 13.5. The largest absolute Gasteiger partial charge is 0.392 e. The highest BCUT2D eigenvalue weighted by Crippen LogP contribution is 2.33. The second kappa shape index (κ2) is 6.93. The molecule has 0 aliphatic carbocycles. The fourth-order valence-electron chi connectivity index (χ4n) is 2.44. The maximum absolute atomic E-state index is 9.14. The molecule has 0 aliphatic heterocycles. The number of nitrogens with zero attached hydrogens (tertiary/aromatic N) is 5. The number of nitrogens with one attached hydrogen (secondary N) is 1. The highest BCUT2D eigenvalue weighted by molar-refractivity contribution is 6.34. The van der Waals surface area contributed by atoms with Crippen LogP contribution in [-0.4, -0.2) is 31.2 Å². The first-order valence-electron chi connectivity index (χ1n) is 7.56. The Kier molecular flexibility index (Phi) is 4.70. The molecule has 25 heavy (non-hydrogen) atoms. The van der Waals surface area contributed by atoms with E-state index in [1.165, 1.54) is 4.52 Å². The molecule has 3 heterocycles. The molecule has 0 aliphatic rings. The zero-order valence-corrected chi connectivity index (χ0v) is 14.2. The van der Waals surface area contributed by atoms with E-state index in [-0.39, 0.29) is 18.1 Å². The molecule has 0 saturated heterocycles. The van der Waals surface area contributed by atoms with Crippen LogP contribution in [0.3, 0.4) is 0 Å². The van der Waals surface area contributed by atoms with Crippen molar-refractivity contribution in [1.29, 1.82) is 0 Å². The predicted octanol–water partition coefficient (Wildman–Crippen LogP) is 2.37. The molecule has 4 N–H and O–H groups in total. The fourth-order valence-corrected chi connectivity index (χ4v) is 2.60. The van der Waals surface area contributed by atoms with Crippen LogP contribution in [0.15, 0.2) is 18.2 Å². The van der Waals surface area contributed by atoms with E-state index in [1.54, 1.807) is 13.0 Å². The lowest BCUT2D eigenvalue weighted by molar-refractivity contribution is 0.276. The van der Waals surface area contributed by atoms with Crippen molar-refractivity contribution in [2.24, 2.45) is 0 Å². The van der Waals surface area contributed by atoms with Gasteiger partial charge in [-0.25, -0.2) is 14.3 Å². The van der Waals surface area contributed by atoms with Crippen molar-refractivity contribution in [1.82, 2.24) is 19.6 Å². The van der Waals surface area contributed by atoms with Crippen LogP contribution < -0.4 is 11.1 Å². The Labute approximate surface area is 149 Å². The van der Waals surface area contributed by atoms with Crippen LogP contribution in [0.5, 0.6) is 0 Å². The summed E-state index contributed by atoms with van der Waals surface area (Å²) in [6.45, 7) is 9.51. The maximum Gasteiger partial charge on any atom is 0.268 e. The molecule has 0 fully saturated rings. The topological polar surface area (TPSA) is 106 Å². The van der Waals surface area contributed by atoms with E-state index >= 15 is 0 Å². The van der Waals surface area contributed by atoms with Crippen LogP contribution in [-0.2, 0) is 13.0 Å². The number of hydrogen-bond acceptors (Lipinski definition) is 6. The molecule has 0 aromatic carbocycles. The molecule has 0 radical (unpaired) electrons. The molecule has 0 atom stereocenters. The number of aliphatic hydroxyl groups excluding tert-OH is 1. The summed E-state index contributed by atoms with van der Waals surface area (Å²) in [5.74, 6) is 0.554. The minimum Gasteiger partial charge on any atom is -0.392 e. The summed E-state index contributed by atoms with van der Waals surface area (Å²) in [4.78, 5) is 12.2. The number of aliphatic hydroxyl groups is 1. The Hall–Kier alpha value is -2.89. The van der Waals surface area contributed by atoms with E-state index in [2.05, 4.69) is 25.2 Å². The first kappa shape index (κ1) is 17.0. The third-order valence-corrected chi connectivity index (χ3v) is 4.13. The number of pyridine rings is 1. The summed E-state index contributed by atoms with van der Waals surface area (Å²) in [6.07, 6.45) is 0.601. The van der Waals surface area contributed by atoms with Crippen LogP contribution in [0.2, 0.25) is 5.02 Å². The molecule has 128 valence electrons. The summed E-state index contributed by atoms with van der Waals surface area (Å²) < 4.78 is 1.38. The van der Waals surface area contributed by atoms with Gasteiger partial charge in [0.05, 0.1) is 24.6 Å². The molecule has 0 bridgehead atoms. The number of aromatic nitrogens is 4. The molecule has 0 saturated carbocycles. The van der Waals surface area contributed by atoms with E-state index < -0.39 is 0 Å². The smallest absolute Gasteiger partial charge is 0.268 e. The molecule has 0 spiro atoms. The number of anilines is 2. The van der Waals surface area contributed by atoms with Gasteiger partial charge in [-0.1, -0.05) is 17.7 Å². The third kappa shape index (κ3) is 3.20. The zero-order chi connectivity index (χ0) is 18.0. The Bertz CT molecular complexity index is 977. The molecule has 8 nitrogen and oxygen atoms in total. The first-order valence-corrected chi connectivity index (χ1v) is 7.94. The highest BCUT2D eigenvalue weighted by Gasteiger charge is 2.18. The SMILES string of the molecule is [C-]#[N+]c1c(NCCc2cccc(CO)n2)nc2c(Cl)c(C)nn2c1N. The lowest BCUT2D eigenvalue weighted by Gasteiger charge is -2.10. The van der Waals surface area contributed by atoms with Crippen LogP contribution in [0.25, 0.3) is 10.5 Å². The van der Waals surface area contributed by atoms with Crippen LogP contribution in [0.4, 0.5) is 17.3 Å². The number of aryl methyl sites for hydroxylation is 1. The Balaban J connectivity index is 1.85. The van der Waals surface area contributed by atoms with Gasteiger partial charge in [-0.15, -0.1) is 0 Å². The Morgan fingerprint density at radius 1 is 1.36 bits per heavy atom. The monoisotopic (exact) mass is 357 g/mol. The van der Waals surface area contributed by atoms with Crippen LogP contribution in [0, 0.1) is 13.5 Å². The molecule has 3 rings (SSSR count). The van der Waals surface area contributed by atoms with Crippen molar-refractivity contribution >= 4 is 34.6 Å². The average Bonchev–Trinajstić information content (AvgIpc) is 2.91.